The van der Waals surface area contributed by atoms with E-state index in [1.807, 2.05) is 20.8 Å². The maximum Gasteiger partial charge on any atom is 0.322 e. The first-order valence-electron chi connectivity index (χ1n) is 6.50. The summed E-state index contributed by atoms with van der Waals surface area (Å²) in [6.45, 7) is 7.45. The van der Waals surface area contributed by atoms with Gasteiger partial charge in [-0.1, -0.05) is 47.0 Å². The van der Waals surface area contributed by atoms with Crippen LogP contribution >= 0.6 is 0 Å². The molecule has 18 heavy (non-hydrogen) atoms. The number of rotatable bonds is 9. The van der Waals surface area contributed by atoms with Gasteiger partial charge in [-0.05, 0) is 11.8 Å². The van der Waals surface area contributed by atoms with Crippen LogP contribution in [0.5, 0.6) is 0 Å². The van der Waals surface area contributed by atoms with Crippen molar-refractivity contribution in [2.75, 3.05) is 5.75 Å². The van der Waals surface area contributed by atoms with Crippen molar-refractivity contribution in [2.24, 2.45) is 11.8 Å². The first-order chi connectivity index (χ1) is 8.27. The van der Waals surface area contributed by atoms with E-state index in [0.29, 0.717) is 6.42 Å². The zero-order valence-corrected chi connectivity index (χ0v) is 12.5. The monoisotopic (exact) mass is 279 g/mol. The fourth-order valence-corrected chi connectivity index (χ4v) is 3.63. The predicted octanol–water partition coefficient (Wildman–Crippen LogP) is 1.84. The molecule has 2 atom stereocenters. The Bertz CT molecular complexity index is 349. The van der Waals surface area contributed by atoms with Gasteiger partial charge in [-0.3, -0.25) is 4.79 Å². The van der Waals surface area contributed by atoms with Gasteiger partial charge in [0.05, 0.1) is 5.75 Å². The minimum atomic E-state index is -3.54. The second-order valence-corrected chi connectivity index (χ2v) is 6.58. The second kappa shape index (κ2) is 7.74. The molecule has 0 heterocycles. The molecule has 0 rings (SSSR count). The highest BCUT2D eigenvalue weighted by Crippen LogP contribution is 2.13. The average molecular weight is 279 g/mol. The van der Waals surface area contributed by atoms with Gasteiger partial charge >= 0.3 is 5.97 Å². The Labute approximate surface area is 110 Å². The second-order valence-electron chi connectivity index (χ2n) is 4.78. The summed E-state index contributed by atoms with van der Waals surface area (Å²) < 4.78 is 26.2. The van der Waals surface area contributed by atoms with Gasteiger partial charge in [0.2, 0.25) is 10.0 Å². The molecule has 0 spiro atoms. The topological polar surface area (TPSA) is 83.5 Å². The van der Waals surface area contributed by atoms with E-state index in [1.54, 1.807) is 6.92 Å². The predicted molar refractivity (Wildman–Crippen MR) is 71.9 cm³/mol. The third-order valence-electron chi connectivity index (χ3n) is 3.40. The number of hydrogen-bond donors (Lipinski definition) is 2. The Morgan fingerprint density at radius 2 is 1.67 bits per heavy atom. The third-order valence-corrected chi connectivity index (χ3v) is 4.92. The fraction of sp³-hybridized carbons (Fsp3) is 0.917. The summed E-state index contributed by atoms with van der Waals surface area (Å²) in [5.41, 5.74) is 0. The fourth-order valence-electron chi connectivity index (χ4n) is 1.72. The number of carboxylic acid groups (broad SMARTS) is 1. The summed E-state index contributed by atoms with van der Waals surface area (Å²) in [5.74, 6) is -1.26. The Kier molecular flexibility index (Phi) is 7.47. The van der Waals surface area contributed by atoms with E-state index in [1.165, 1.54) is 0 Å². The van der Waals surface area contributed by atoms with Crippen LogP contribution in [0.1, 0.15) is 47.0 Å². The van der Waals surface area contributed by atoms with Crippen LogP contribution in [-0.4, -0.2) is 31.3 Å². The van der Waals surface area contributed by atoms with Crippen LogP contribution in [0, 0.1) is 11.8 Å². The van der Waals surface area contributed by atoms with E-state index >= 15 is 0 Å². The normalized spacial score (nSPS) is 15.6. The van der Waals surface area contributed by atoms with Crippen molar-refractivity contribution in [1.29, 1.82) is 0 Å². The van der Waals surface area contributed by atoms with E-state index in [4.69, 9.17) is 5.11 Å². The first kappa shape index (κ1) is 17.4. The van der Waals surface area contributed by atoms with E-state index in [-0.39, 0.29) is 17.6 Å². The maximum absolute atomic E-state index is 11.9. The summed E-state index contributed by atoms with van der Waals surface area (Å²) >= 11 is 0. The number of aliphatic carboxylic acids is 1. The maximum atomic E-state index is 11.9. The molecule has 0 unspecified atom stereocenters. The van der Waals surface area contributed by atoms with Crippen molar-refractivity contribution in [2.45, 2.75) is 53.0 Å². The van der Waals surface area contributed by atoms with E-state index in [0.717, 1.165) is 12.8 Å². The number of carbonyl (C=O) groups is 1. The molecule has 0 radical (unpaired) electrons. The van der Waals surface area contributed by atoms with Crippen molar-refractivity contribution in [3.05, 3.63) is 0 Å². The third kappa shape index (κ3) is 5.82. The molecule has 0 aromatic heterocycles. The molecule has 2 N–H and O–H groups in total. The molecular formula is C12H25NO4S. The molecular weight excluding hydrogens is 254 g/mol. The lowest BCUT2D eigenvalue weighted by molar-refractivity contribution is -0.140. The molecule has 0 aromatic rings. The Hall–Kier alpha value is -0.620. The summed E-state index contributed by atoms with van der Waals surface area (Å²) in [5, 5.41) is 9.06. The van der Waals surface area contributed by atoms with Gasteiger partial charge in [-0.25, -0.2) is 13.1 Å². The molecule has 5 nitrogen and oxygen atoms in total. The van der Waals surface area contributed by atoms with Gasteiger partial charge < -0.3 is 5.11 Å². The van der Waals surface area contributed by atoms with Crippen molar-refractivity contribution in [3.63, 3.8) is 0 Å². The van der Waals surface area contributed by atoms with Crippen LogP contribution in [0.2, 0.25) is 0 Å². The molecule has 6 heteroatoms. The van der Waals surface area contributed by atoms with Crippen LogP contribution in [0.15, 0.2) is 0 Å². The molecule has 0 fully saturated rings. The minimum absolute atomic E-state index is 0.000213. The summed E-state index contributed by atoms with van der Waals surface area (Å²) in [7, 11) is -3.54. The van der Waals surface area contributed by atoms with Gasteiger partial charge in [-0.15, -0.1) is 0 Å². The number of carboxylic acids is 1. The molecule has 0 aromatic carbocycles. The van der Waals surface area contributed by atoms with Crippen molar-refractivity contribution >= 4 is 16.0 Å². The van der Waals surface area contributed by atoms with Gasteiger partial charge in [0.1, 0.15) is 6.04 Å². The van der Waals surface area contributed by atoms with E-state index in [2.05, 4.69) is 4.72 Å². The standard InChI is InChI=1S/C12H25NO4S/c1-5-9(4)11(12(14)15)13-18(16,17)8-10(6-2)7-3/h9-11,13H,5-8H2,1-4H3,(H,14,15)/t9-,11-/m0/s1. The molecule has 0 amide bonds. The van der Waals surface area contributed by atoms with E-state index < -0.39 is 22.0 Å². The van der Waals surface area contributed by atoms with Crippen LogP contribution in [0.25, 0.3) is 0 Å². The summed E-state index contributed by atoms with van der Waals surface area (Å²) in [6, 6.07) is -1.03. The van der Waals surface area contributed by atoms with Gasteiger partial charge in [0.15, 0.2) is 0 Å². The zero-order valence-electron chi connectivity index (χ0n) is 11.6. The first-order valence-corrected chi connectivity index (χ1v) is 8.15. The molecule has 0 aliphatic carbocycles. The van der Waals surface area contributed by atoms with Crippen LogP contribution in [0.4, 0.5) is 0 Å². The van der Waals surface area contributed by atoms with Crippen LogP contribution < -0.4 is 4.72 Å². The SMILES string of the molecule is CCC(CC)CS(=O)(=O)N[C@H](C(=O)O)[C@@H](C)CC. The minimum Gasteiger partial charge on any atom is -0.480 e. The molecule has 0 saturated carbocycles. The highest BCUT2D eigenvalue weighted by atomic mass is 32.2. The average Bonchev–Trinajstić information content (AvgIpc) is 2.31. The summed E-state index contributed by atoms with van der Waals surface area (Å²) in [4.78, 5) is 11.1. The Morgan fingerprint density at radius 3 is 2.00 bits per heavy atom. The number of nitrogens with one attached hydrogen (secondary N) is 1. The van der Waals surface area contributed by atoms with Gasteiger partial charge in [-0.2, -0.15) is 0 Å². The quantitative estimate of drug-likeness (QED) is 0.674. The zero-order chi connectivity index (χ0) is 14.3. The largest absolute Gasteiger partial charge is 0.480 e. The van der Waals surface area contributed by atoms with Crippen molar-refractivity contribution < 1.29 is 18.3 Å². The highest BCUT2D eigenvalue weighted by Gasteiger charge is 2.29. The lowest BCUT2D eigenvalue weighted by Crippen LogP contribution is -2.46. The van der Waals surface area contributed by atoms with Gasteiger partial charge in [0, 0.05) is 0 Å². The smallest absolute Gasteiger partial charge is 0.322 e. The number of hydrogen-bond acceptors (Lipinski definition) is 3. The highest BCUT2D eigenvalue weighted by molar-refractivity contribution is 7.89. The van der Waals surface area contributed by atoms with Crippen molar-refractivity contribution in [1.82, 2.24) is 4.72 Å². The van der Waals surface area contributed by atoms with Gasteiger partial charge in [0.25, 0.3) is 0 Å². The molecule has 0 aliphatic rings. The summed E-state index contributed by atoms with van der Waals surface area (Å²) in [6.07, 6.45) is 2.17. The lowest BCUT2D eigenvalue weighted by atomic mass is 10.0. The molecule has 0 saturated heterocycles. The Morgan fingerprint density at radius 1 is 1.17 bits per heavy atom. The lowest BCUT2D eigenvalue weighted by Gasteiger charge is -2.21. The molecule has 0 bridgehead atoms. The van der Waals surface area contributed by atoms with Crippen molar-refractivity contribution in [3.8, 4) is 0 Å². The Balaban J connectivity index is 4.76. The molecule has 108 valence electrons. The van der Waals surface area contributed by atoms with Crippen LogP contribution in [-0.2, 0) is 14.8 Å². The molecule has 0 aliphatic heterocycles. The number of sulfonamides is 1. The van der Waals surface area contributed by atoms with Crippen LogP contribution in [0.3, 0.4) is 0 Å². The van der Waals surface area contributed by atoms with E-state index in [9.17, 15) is 13.2 Å².